The van der Waals surface area contributed by atoms with E-state index in [2.05, 4.69) is 16.2 Å². The third-order valence-corrected chi connectivity index (χ3v) is 6.86. The predicted octanol–water partition coefficient (Wildman–Crippen LogP) is 2.82. The molecule has 1 aliphatic rings. The molecule has 3 rings (SSSR count). The molecule has 0 fully saturated rings. The first kappa shape index (κ1) is 17.8. The lowest BCUT2D eigenvalue weighted by Gasteiger charge is -2.32. The van der Waals surface area contributed by atoms with Gasteiger partial charge in [-0.3, -0.25) is 4.79 Å². The second-order valence-electron chi connectivity index (χ2n) is 5.87. The SMILES string of the molecule is CNS(=O)(=O)c1ccc(C=CC(=O)N2CCc3sccc3C2C)cc1. The Balaban J connectivity index is 1.71. The van der Waals surface area contributed by atoms with Crippen molar-refractivity contribution in [2.24, 2.45) is 0 Å². The van der Waals surface area contributed by atoms with Crippen LogP contribution in [0.3, 0.4) is 0 Å². The fourth-order valence-electron chi connectivity index (χ4n) is 2.95. The standard InChI is InChI=1S/C18H20N2O3S2/c1-13-16-10-12-24-17(16)9-11-20(13)18(21)8-5-14-3-6-15(7-4-14)25(22,23)19-2/h3-8,10,12-13,19H,9,11H2,1-2H3. The van der Waals surface area contributed by atoms with E-state index < -0.39 is 10.0 Å². The minimum atomic E-state index is -3.44. The van der Waals surface area contributed by atoms with Crippen LogP contribution in [0, 0.1) is 0 Å². The Kier molecular flexibility index (Phi) is 5.08. The summed E-state index contributed by atoms with van der Waals surface area (Å²) in [6, 6.07) is 8.59. The summed E-state index contributed by atoms with van der Waals surface area (Å²) in [5.74, 6) is -0.0312. The topological polar surface area (TPSA) is 66.5 Å². The molecule has 1 amide bonds. The van der Waals surface area contributed by atoms with Gasteiger partial charge in [-0.05, 0) is 61.2 Å². The smallest absolute Gasteiger partial charge is 0.247 e. The normalized spacial score (nSPS) is 17.7. The van der Waals surface area contributed by atoms with Gasteiger partial charge in [-0.2, -0.15) is 0 Å². The lowest BCUT2D eigenvalue weighted by molar-refractivity contribution is -0.128. The number of fused-ring (bicyclic) bond motifs is 1. The molecule has 25 heavy (non-hydrogen) atoms. The molecule has 0 spiro atoms. The number of hydrogen-bond donors (Lipinski definition) is 1. The number of sulfonamides is 1. The number of carbonyl (C=O) groups is 1. The highest BCUT2D eigenvalue weighted by molar-refractivity contribution is 7.89. The average molecular weight is 377 g/mol. The third kappa shape index (κ3) is 3.68. The van der Waals surface area contributed by atoms with Crippen LogP contribution in [-0.2, 0) is 21.2 Å². The van der Waals surface area contributed by atoms with Gasteiger partial charge < -0.3 is 4.90 Å². The largest absolute Gasteiger partial charge is 0.332 e. The van der Waals surface area contributed by atoms with E-state index in [1.807, 2.05) is 11.8 Å². The molecule has 2 heterocycles. The van der Waals surface area contributed by atoms with Gasteiger partial charge in [0.05, 0.1) is 10.9 Å². The van der Waals surface area contributed by atoms with Crippen LogP contribution in [0.1, 0.15) is 29.0 Å². The van der Waals surface area contributed by atoms with Crippen molar-refractivity contribution in [2.75, 3.05) is 13.6 Å². The van der Waals surface area contributed by atoms with Crippen LogP contribution < -0.4 is 4.72 Å². The van der Waals surface area contributed by atoms with Crippen molar-refractivity contribution in [2.45, 2.75) is 24.3 Å². The average Bonchev–Trinajstić information content (AvgIpc) is 3.10. The third-order valence-electron chi connectivity index (χ3n) is 4.44. The summed E-state index contributed by atoms with van der Waals surface area (Å²) in [5.41, 5.74) is 2.02. The van der Waals surface area contributed by atoms with Gasteiger partial charge in [-0.15, -0.1) is 11.3 Å². The van der Waals surface area contributed by atoms with E-state index in [0.29, 0.717) is 0 Å². The second kappa shape index (κ2) is 7.11. The van der Waals surface area contributed by atoms with Gasteiger partial charge in [0.15, 0.2) is 0 Å². The first-order valence-corrected chi connectivity index (χ1v) is 10.4. The van der Waals surface area contributed by atoms with E-state index >= 15 is 0 Å². The van der Waals surface area contributed by atoms with E-state index in [4.69, 9.17) is 0 Å². The number of benzene rings is 1. The van der Waals surface area contributed by atoms with Crippen LogP contribution in [-0.4, -0.2) is 32.8 Å². The van der Waals surface area contributed by atoms with Crippen molar-refractivity contribution >= 4 is 33.3 Å². The monoisotopic (exact) mass is 376 g/mol. The van der Waals surface area contributed by atoms with E-state index in [1.54, 1.807) is 35.6 Å². The van der Waals surface area contributed by atoms with Crippen LogP contribution in [0.4, 0.5) is 0 Å². The number of hydrogen-bond acceptors (Lipinski definition) is 4. The molecular formula is C18H20N2O3S2. The zero-order chi connectivity index (χ0) is 18.0. The van der Waals surface area contributed by atoms with E-state index in [0.717, 1.165) is 18.5 Å². The number of nitrogens with one attached hydrogen (secondary N) is 1. The summed E-state index contributed by atoms with van der Waals surface area (Å²) in [6.45, 7) is 2.77. The van der Waals surface area contributed by atoms with Crippen LogP contribution in [0.2, 0.25) is 0 Å². The van der Waals surface area contributed by atoms with Crippen molar-refractivity contribution in [3.05, 3.63) is 57.8 Å². The summed E-state index contributed by atoms with van der Waals surface area (Å²) in [7, 11) is -2.07. The molecular weight excluding hydrogens is 356 g/mol. The number of rotatable bonds is 4. The summed E-state index contributed by atoms with van der Waals surface area (Å²) < 4.78 is 25.7. The van der Waals surface area contributed by atoms with Gasteiger partial charge in [0.2, 0.25) is 15.9 Å². The van der Waals surface area contributed by atoms with Gasteiger partial charge in [0.25, 0.3) is 0 Å². The van der Waals surface area contributed by atoms with Crippen LogP contribution in [0.15, 0.2) is 46.7 Å². The molecule has 1 N–H and O–H groups in total. The number of nitrogens with zero attached hydrogens (tertiary/aromatic N) is 1. The highest BCUT2D eigenvalue weighted by atomic mass is 32.2. The zero-order valence-electron chi connectivity index (χ0n) is 14.1. The molecule has 1 unspecified atom stereocenters. The summed E-state index contributed by atoms with van der Waals surface area (Å²) in [5, 5.41) is 2.08. The lowest BCUT2D eigenvalue weighted by atomic mass is 10.0. The van der Waals surface area contributed by atoms with Crippen molar-refractivity contribution in [3.63, 3.8) is 0 Å². The zero-order valence-corrected chi connectivity index (χ0v) is 15.7. The van der Waals surface area contributed by atoms with E-state index in [-0.39, 0.29) is 16.8 Å². The Morgan fingerprint density at radius 1 is 1.28 bits per heavy atom. The predicted molar refractivity (Wildman–Crippen MR) is 99.9 cm³/mol. The number of amides is 1. The van der Waals surface area contributed by atoms with Gasteiger partial charge in [-0.1, -0.05) is 12.1 Å². The van der Waals surface area contributed by atoms with Crippen LogP contribution in [0.25, 0.3) is 6.08 Å². The number of thiophene rings is 1. The molecule has 1 aliphatic heterocycles. The van der Waals surface area contributed by atoms with Gasteiger partial charge >= 0.3 is 0 Å². The van der Waals surface area contributed by atoms with Crippen molar-refractivity contribution in [1.82, 2.24) is 9.62 Å². The summed E-state index contributed by atoms with van der Waals surface area (Å²) in [4.78, 5) is 16.0. The number of carbonyl (C=O) groups excluding carboxylic acids is 1. The molecule has 0 saturated carbocycles. The van der Waals surface area contributed by atoms with Gasteiger partial charge in [0, 0.05) is 17.5 Å². The van der Waals surface area contributed by atoms with Crippen molar-refractivity contribution < 1.29 is 13.2 Å². The Labute approximate surface area is 152 Å². The van der Waals surface area contributed by atoms with Crippen molar-refractivity contribution in [3.8, 4) is 0 Å². The minimum absolute atomic E-state index is 0.0312. The highest BCUT2D eigenvalue weighted by Gasteiger charge is 2.26. The molecule has 1 aromatic heterocycles. The molecule has 0 radical (unpaired) electrons. The lowest BCUT2D eigenvalue weighted by Crippen LogP contribution is -2.37. The maximum absolute atomic E-state index is 12.5. The van der Waals surface area contributed by atoms with E-state index in [9.17, 15) is 13.2 Å². The fraction of sp³-hybridized carbons (Fsp3) is 0.278. The van der Waals surface area contributed by atoms with Crippen LogP contribution >= 0.6 is 11.3 Å². The molecule has 7 heteroatoms. The summed E-state index contributed by atoms with van der Waals surface area (Å²) >= 11 is 1.75. The molecule has 5 nitrogen and oxygen atoms in total. The van der Waals surface area contributed by atoms with E-state index in [1.165, 1.54) is 29.6 Å². The highest BCUT2D eigenvalue weighted by Crippen LogP contribution is 2.32. The Morgan fingerprint density at radius 2 is 2.00 bits per heavy atom. The fourth-order valence-corrected chi connectivity index (χ4v) is 4.64. The Morgan fingerprint density at radius 3 is 2.68 bits per heavy atom. The molecule has 0 bridgehead atoms. The molecule has 0 saturated heterocycles. The Hall–Kier alpha value is -1.96. The quantitative estimate of drug-likeness (QED) is 0.835. The molecule has 0 aliphatic carbocycles. The first-order chi connectivity index (χ1) is 11.9. The molecule has 132 valence electrons. The molecule has 1 aromatic carbocycles. The maximum Gasteiger partial charge on any atom is 0.247 e. The molecule has 1 atom stereocenters. The van der Waals surface area contributed by atoms with Crippen molar-refractivity contribution in [1.29, 1.82) is 0 Å². The maximum atomic E-state index is 12.5. The Bertz CT molecular complexity index is 899. The minimum Gasteiger partial charge on any atom is -0.332 e. The van der Waals surface area contributed by atoms with Gasteiger partial charge in [0.1, 0.15) is 0 Å². The summed E-state index contributed by atoms with van der Waals surface area (Å²) in [6.07, 6.45) is 4.16. The second-order valence-corrected chi connectivity index (χ2v) is 8.75. The first-order valence-electron chi connectivity index (χ1n) is 8.01. The van der Waals surface area contributed by atoms with Crippen LogP contribution in [0.5, 0.6) is 0 Å². The van der Waals surface area contributed by atoms with Gasteiger partial charge in [-0.25, -0.2) is 13.1 Å². The molecule has 2 aromatic rings.